The van der Waals surface area contributed by atoms with Crippen LogP contribution < -0.4 is 5.32 Å². The Morgan fingerprint density at radius 2 is 1.88 bits per heavy atom. The summed E-state index contributed by atoms with van der Waals surface area (Å²) >= 11 is 0. The number of aromatic nitrogens is 3. The van der Waals surface area contributed by atoms with Crippen molar-refractivity contribution in [1.29, 1.82) is 0 Å². The van der Waals surface area contributed by atoms with Gasteiger partial charge in [-0.25, -0.2) is 9.67 Å². The second kappa shape index (κ2) is 9.77. The molecule has 7 nitrogen and oxygen atoms in total. The minimum Gasteiger partial charge on any atom is -0.352 e. The lowest BCUT2D eigenvalue weighted by Gasteiger charge is -2.32. The maximum absolute atomic E-state index is 13.0. The van der Waals surface area contributed by atoms with Crippen LogP contribution in [0.1, 0.15) is 45.5 Å². The number of nitrogens with zero attached hydrogens (tertiary/aromatic N) is 4. The lowest BCUT2D eigenvalue weighted by Crippen LogP contribution is -2.45. The molecule has 1 aliphatic heterocycles. The summed E-state index contributed by atoms with van der Waals surface area (Å²) in [5.41, 5.74) is 4.99. The average Bonchev–Trinajstić information content (AvgIpc) is 3.29. The zero-order chi connectivity index (χ0) is 22.5. The van der Waals surface area contributed by atoms with Crippen LogP contribution in [0, 0.1) is 19.8 Å². The molecule has 2 heterocycles. The SMILES string of the molecule is Cc1cc(C)cc(C(=O)N2CCCC(C(=O)NCc3cccc(Cn4cncn4)c3)C2)c1. The summed E-state index contributed by atoms with van der Waals surface area (Å²) in [6.07, 6.45) is 4.84. The van der Waals surface area contributed by atoms with E-state index < -0.39 is 0 Å². The van der Waals surface area contributed by atoms with Gasteiger partial charge >= 0.3 is 0 Å². The molecule has 2 amide bonds. The molecule has 32 heavy (non-hydrogen) atoms. The van der Waals surface area contributed by atoms with Gasteiger partial charge in [-0.3, -0.25) is 9.59 Å². The Balaban J connectivity index is 1.34. The van der Waals surface area contributed by atoms with E-state index in [4.69, 9.17) is 0 Å². The van der Waals surface area contributed by atoms with Gasteiger partial charge in [-0.2, -0.15) is 5.10 Å². The molecular formula is C25H29N5O2. The number of rotatable bonds is 6. The molecule has 1 atom stereocenters. The standard InChI is InChI=1S/C25H29N5O2/c1-18-9-19(2)11-23(10-18)25(32)29-8-4-7-22(15-29)24(31)27-13-20-5-3-6-21(12-20)14-30-17-26-16-28-30/h3,5-6,9-12,16-17,22H,4,7-8,13-15H2,1-2H3,(H,27,31). The van der Waals surface area contributed by atoms with E-state index in [1.807, 2.05) is 49.1 Å². The van der Waals surface area contributed by atoms with Gasteiger partial charge < -0.3 is 10.2 Å². The van der Waals surface area contributed by atoms with Gasteiger partial charge in [0.15, 0.2) is 0 Å². The van der Waals surface area contributed by atoms with E-state index in [1.165, 1.54) is 6.33 Å². The highest BCUT2D eigenvalue weighted by atomic mass is 16.2. The Morgan fingerprint density at radius 1 is 1.09 bits per heavy atom. The topological polar surface area (TPSA) is 80.1 Å². The Bertz CT molecular complexity index is 1070. The van der Waals surface area contributed by atoms with E-state index in [0.717, 1.165) is 35.1 Å². The molecule has 3 aromatic rings. The highest BCUT2D eigenvalue weighted by molar-refractivity contribution is 5.95. The highest BCUT2D eigenvalue weighted by Gasteiger charge is 2.29. The quantitative estimate of drug-likeness (QED) is 0.650. The third kappa shape index (κ3) is 5.41. The van der Waals surface area contributed by atoms with Crippen LogP contribution in [-0.4, -0.2) is 44.6 Å². The second-order valence-electron chi connectivity index (χ2n) is 8.60. The third-order valence-corrected chi connectivity index (χ3v) is 5.82. The molecule has 0 saturated carbocycles. The van der Waals surface area contributed by atoms with E-state index in [-0.39, 0.29) is 17.7 Å². The van der Waals surface area contributed by atoms with Crippen molar-refractivity contribution in [3.05, 3.63) is 82.9 Å². The fraction of sp³-hybridized carbons (Fsp3) is 0.360. The Morgan fingerprint density at radius 3 is 2.62 bits per heavy atom. The van der Waals surface area contributed by atoms with Gasteiger partial charge in [0.2, 0.25) is 5.91 Å². The summed E-state index contributed by atoms with van der Waals surface area (Å²) in [6, 6.07) is 14.0. The van der Waals surface area contributed by atoms with Crippen LogP contribution in [-0.2, 0) is 17.9 Å². The molecule has 4 rings (SSSR count). The molecule has 1 unspecified atom stereocenters. The van der Waals surface area contributed by atoms with Crippen LogP contribution >= 0.6 is 0 Å². The zero-order valence-corrected chi connectivity index (χ0v) is 18.6. The van der Waals surface area contributed by atoms with Crippen molar-refractivity contribution in [2.45, 2.75) is 39.8 Å². The fourth-order valence-corrected chi connectivity index (χ4v) is 4.33. The number of hydrogen-bond donors (Lipinski definition) is 1. The van der Waals surface area contributed by atoms with E-state index in [0.29, 0.717) is 31.7 Å². The molecule has 2 aromatic carbocycles. The van der Waals surface area contributed by atoms with Gasteiger partial charge in [0, 0.05) is 25.2 Å². The zero-order valence-electron chi connectivity index (χ0n) is 18.6. The van der Waals surface area contributed by atoms with Crippen LogP contribution in [0.15, 0.2) is 55.1 Å². The highest BCUT2D eigenvalue weighted by Crippen LogP contribution is 2.20. The van der Waals surface area contributed by atoms with Gasteiger partial charge in [-0.1, -0.05) is 41.5 Å². The monoisotopic (exact) mass is 431 g/mol. The Labute approximate surface area is 188 Å². The molecule has 0 radical (unpaired) electrons. The molecule has 1 aliphatic rings. The first-order valence-electron chi connectivity index (χ1n) is 11.0. The van der Waals surface area contributed by atoms with Crippen molar-refractivity contribution in [3.63, 3.8) is 0 Å². The van der Waals surface area contributed by atoms with Crippen LogP contribution in [0.25, 0.3) is 0 Å². The number of carbonyl (C=O) groups excluding carboxylic acids is 2. The molecule has 0 bridgehead atoms. The van der Waals surface area contributed by atoms with Crippen LogP contribution in [0.5, 0.6) is 0 Å². The summed E-state index contributed by atoms with van der Waals surface area (Å²) in [6.45, 7) is 6.25. The van der Waals surface area contributed by atoms with Gasteiger partial charge in [-0.15, -0.1) is 0 Å². The van der Waals surface area contributed by atoms with Gasteiger partial charge in [-0.05, 0) is 49.9 Å². The first-order valence-corrected chi connectivity index (χ1v) is 11.0. The van der Waals surface area contributed by atoms with Crippen LogP contribution in [0.4, 0.5) is 0 Å². The molecular weight excluding hydrogens is 402 g/mol. The summed E-state index contributed by atoms with van der Waals surface area (Å²) in [4.78, 5) is 31.6. The number of piperidine rings is 1. The molecule has 166 valence electrons. The van der Waals surface area contributed by atoms with Crippen molar-refractivity contribution >= 4 is 11.8 Å². The summed E-state index contributed by atoms with van der Waals surface area (Å²) in [5, 5.41) is 7.19. The van der Waals surface area contributed by atoms with Gasteiger partial charge in [0.05, 0.1) is 12.5 Å². The molecule has 0 spiro atoms. The average molecular weight is 432 g/mol. The molecule has 0 aliphatic carbocycles. The number of amides is 2. The minimum atomic E-state index is -0.183. The molecule has 1 fully saturated rings. The normalized spacial score (nSPS) is 16.1. The Hall–Kier alpha value is -3.48. The van der Waals surface area contributed by atoms with Crippen molar-refractivity contribution in [2.24, 2.45) is 5.92 Å². The molecule has 7 heteroatoms. The maximum atomic E-state index is 13.0. The first kappa shape index (κ1) is 21.7. The van der Waals surface area contributed by atoms with Crippen molar-refractivity contribution in [2.75, 3.05) is 13.1 Å². The molecule has 1 aromatic heterocycles. The first-order chi connectivity index (χ1) is 15.5. The van der Waals surface area contributed by atoms with Crippen molar-refractivity contribution < 1.29 is 9.59 Å². The summed E-state index contributed by atoms with van der Waals surface area (Å²) in [7, 11) is 0. The van der Waals surface area contributed by atoms with Gasteiger partial charge in [0.1, 0.15) is 12.7 Å². The summed E-state index contributed by atoms with van der Waals surface area (Å²) < 4.78 is 1.76. The largest absolute Gasteiger partial charge is 0.352 e. The predicted molar refractivity (Wildman–Crippen MR) is 122 cm³/mol. The number of benzene rings is 2. The number of nitrogens with one attached hydrogen (secondary N) is 1. The second-order valence-corrected chi connectivity index (χ2v) is 8.60. The number of hydrogen-bond acceptors (Lipinski definition) is 4. The maximum Gasteiger partial charge on any atom is 0.253 e. The minimum absolute atomic E-state index is 0.00426. The lowest BCUT2D eigenvalue weighted by atomic mass is 9.96. The lowest BCUT2D eigenvalue weighted by molar-refractivity contribution is -0.126. The number of aryl methyl sites for hydroxylation is 2. The van der Waals surface area contributed by atoms with E-state index >= 15 is 0 Å². The third-order valence-electron chi connectivity index (χ3n) is 5.82. The smallest absolute Gasteiger partial charge is 0.253 e. The van der Waals surface area contributed by atoms with Gasteiger partial charge in [0.25, 0.3) is 5.91 Å². The van der Waals surface area contributed by atoms with Crippen LogP contribution in [0.2, 0.25) is 0 Å². The van der Waals surface area contributed by atoms with Crippen molar-refractivity contribution in [1.82, 2.24) is 25.0 Å². The number of carbonyl (C=O) groups is 2. The van der Waals surface area contributed by atoms with Crippen LogP contribution in [0.3, 0.4) is 0 Å². The Kier molecular flexibility index (Phi) is 6.63. The van der Waals surface area contributed by atoms with E-state index in [2.05, 4.69) is 27.5 Å². The predicted octanol–water partition coefficient (Wildman–Crippen LogP) is 3.11. The fourth-order valence-electron chi connectivity index (χ4n) is 4.33. The van der Waals surface area contributed by atoms with E-state index in [9.17, 15) is 9.59 Å². The number of likely N-dealkylation sites (tertiary alicyclic amines) is 1. The van der Waals surface area contributed by atoms with E-state index in [1.54, 1.807) is 11.0 Å². The summed E-state index contributed by atoms with van der Waals surface area (Å²) in [5.74, 6) is -0.170. The molecule has 1 saturated heterocycles. The van der Waals surface area contributed by atoms with Crippen molar-refractivity contribution in [3.8, 4) is 0 Å². The molecule has 1 N–H and O–H groups in total.